The van der Waals surface area contributed by atoms with Crippen molar-refractivity contribution in [2.75, 3.05) is 13.1 Å². The molecule has 0 radical (unpaired) electrons. The van der Waals surface area contributed by atoms with Crippen LogP contribution in [0.25, 0.3) is 0 Å². The number of piperidine rings is 1. The quantitative estimate of drug-likeness (QED) is 0.855. The van der Waals surface area contributed by atoms with Gasteiger partial charge in [0.15, 0.2) is 6.10 Å². The molecule has 1 aliphatic rings. The Kier molecular flexibility index (Phi) is 6.35. The van der Waals surface area contributed by atoms with Crippen LogP contribution in [0.1, 0.15) is 30.1 Å². The van der Waals surface area contributed by atoms with E-state index in [1.54, 1.807) is 31.2 Å². The minimum absolute atomic E-state index is 0.0415. The first-order valence-corrected chi connectivity index (χ1v) is 9.47. The van der Waals surface area contributed by atoms with Crippen molar-refractivity contribution in [3.8, 4) is 5.75 Å². The molecule has 6 heteroatoms. The summed E-state index contributed by atoms with van der Waals surface area (Å²) in [4.78, 5) is 26.7. The molecule has 5 nitrogen and oxygen atoms in total. The monoisotopic (exact) mass is 386 g/mol. The standard InChI is InChI=1S/C21H23ClN2O3/c1-15(27-19-9-7-17(22)8-10-19)20(25)23-18-11-13-24(14-12-18)21(26)16-5-3-2-4-6-16/h2-10,15,18H,11-14H2,1H3,(H,23,25). The summed E-state index contributed by atoms with van der Waals surface area (Å²) in [6.45, 7) is 2.98. The number of halogens is 1. The summed E-state index contributed by atoms with van der Waals surface area (Å²) in [6.07, 6.45) is 0.867. The Morgan fingerprint density at radius 1 is 1.07 bits per heavy atom. The number of likely N-dealkylation sites (tertiary alicyclic amines) is 1. The van der Waals surface area contributed by atoms with E-state index in [-0.39, 0.29) is 17.9 Å². The van der Waals surface area contributed by atoms with E-state index in [0.717, 1.165) is 12.8 Å². The van der Waals surface area contributed by atoms with Gasteiger partial charge in [0.05, 0.1) is 0 Å². The summed E-state index contributed by atoms with van der Waals surface area (Å²) < 4.78 is 5.65. The maximum atomic E-state index is 12.5. The normalized spacial score (nSPS) is 15.9. The Morgan fingerprint density at radius 3 is 2.33 bits per heavy atom. The van der Waals surface area contributed by atoms with Crippen molar-refractivity contribution in [2.24, 2.45) is 0 Å². The zero-order valence-corrected chi connectivity index (χ0v) is 16.0. The number of hydrogen-bond donors (Lipinski definition) is 1. The molecule has 142 valence electrons. The summed E-state index contributed by atoms with van der Waals surface area (Å²) in [6, 6.07) is 16.2. The van der Waals surface area contributed by atoms with Crippen LogP contribution in [0.3, 0.4) is 0 Å². The van der Waals surface area contributed by atoms with Crippen molar-refractivity contribution in [3.63, 3.8) is 0 Å². The van der Waals surface area contributed by atoms with E-state index in [2.05, 4.69) is 5.32 Å². The summed E-state index contributed by atoms with van der Waals surface area (Å²) in [5, 5.41) is 3.64. The topological polar surface area (TPSA) is 58.6 Å². The number of nitrogens with one attached hydrogen (secondary N) is 1. The van der Waals surface area contributed by atoms with Gasteiger partial charge in [-0.2, -0.15) is 0 Å². The van der Waals surface area contributed by atoms with E-state index >= 15 is 0 Å². The van der Waals surface area contributed by atoms with E-state index in [4.69, 9.17) is 16.3 Å². The summed E-state index contributed by atoms with van der Waals surface area (Å²) in [5.74, 6) is 0.489. The van der Waals surface area contributed by atoms with Gasteiger partial charge >= 0.3 is 0 Å². The minimum atomic E-state index is -0.602. The average molecular weight is 387 g/mol. The fraction of sp³-hybridized carbons (Fsp3) is 0.333. The number of carbonyl (C=O) groups excluding carboxylic acids is 2. The van der Waals surface area contributed by atoms with Crippen LogP contribution < -0.4 is 10.1 Å². The SMILES string of the molecule is CC(Oc1ccc(Cl)cc1)C(=O)NC1CCN(C(=O)c2ccccc2)CC1. The van der Waals surface area contributed by atoms with Crippen LogP contribution >= 0.6 is 11.6 Å². The number of hydrogen-bond acceptors (Lipinski definition) is 3. The molecular formula is C21H23ClN2O3. The van der Waals surface area contributed by atoms with Crippen LogP contribution in [0, 0.1) is 0 Å². The van der Waals surface area contributed by atoms with Gasteiger partial charge in [0, 0.05) is 29.7 Å². The van der Waals surface area contributed by atoms with Gasteiger partial charge in [-0.3, -0.25) is 9.59 Å². The second-order valence-corrected chi connectivity index (χ2v) is 7.09. The number of carbonyl (C=O) groups is 2. The molecule has 2 amide bonds. The average Bonchev–Trinajstić information content (AvgIpc) is 2.70. The smallest absolute Gasteiger partial charge is 0.260 e. The molecule has 0 bridgehead atoms. The molecule has 1 atom stereocenters. The molecule has 0 aliphatic carbocycles. The van der Waals surface area contributed by atoms with Gasteiger partial charge < -0.3 is 15.0 Å². The molecule has 27 heavy (non-hydrogen) atoms. The van der Waals surface area contributed by atoms with Gasteiger partial charge in [-0.25, -0.2) is 0 Å². The minimum Gasteiger partial charge on any atom is -0.481 e. The molecule has 2 aromatic carbocycles. The summed E-state index contributed by atoms with van der Waals surface area (Å²) >= 11 is 5.85. The molecule has 0 saturated carbocycles. The third-order valence-corrected chi connectivity index (χ3v) is 4.90. The molecule has 1 unspecified atom stereocenters. The molecule has 2 aromatic rings. The summed E-state index contributed by atoms with van der Waals surface area (Å²) in [5.41, 5.74) is 0.699. The zero-order valence-electron chi connectivity index (χ0n) is 15.2. The second kappa shape index (κ2) is 8.91. The molecular weight excluding hydrogens is 364 g/mol. The van der Waals surface area contributed by atoms with E-state index < -0.39 is 6.10 Å². The lowest BCUT2D eigenvalue weighted by molar-refractivity contribution is -0.128. The van der Waals surface area contributed by atoms with Gasteiger partial charge in [-0.05, 0) is 56.2 Å². The van der Waals surface area contributed by atoms with Gasteiger partial charge in [-0.1, -0.05) is 29.8 Å². The van der Waals surface area contributed by atoms with Crippen molar-refractivity contribution >= 4 is 23.4 Å². The highest BCUT2D eigenvalue weighted by molar-refractivity contribution is 6.30. The number of amides is 2. The molecule has 1 fully saturated rings. The molecule has 3 rings (SSSR count). The molecule has 1 heterocycles. The third kappa shape index (κ3) is 5.23. The lowest BCUT2D eigenvalue weighted by Crippen LogP contribution is -2.49. The highest BCUT2D eigenvalue weighted by Crippen LogP contribution is 2.18. The first-order chi connectivity index (χ1) is 13.0. The predicted octanol–water partition coefficient (Wildman–Crippen LogP) is 3.53. The molecule has 1 saturated heterocycles. The molecule has 0 spiro atoms. The van der Waals surface area contributed by atoms with Crippen molar-refractivity contribution in [2.45, 2.75) is 31.9 Å². The Morgan fingerprint density at radius 2 is 1.70 bits per heavy atom. The van der Waals surface area contributed by atoms with Crippen LogP contribution in [0.2, 0.25) is 5.02 Å². The van der Waals surface area contributed by atoms with Crippen LogP contribution in [-0.2, 0) is 4.79 Å². The van der Waals surface area contributed by atoms with Crippen LogP contribution in [0.5, 0.6) is 5.75 Å². The van der Waals surface area contributed by atoms with Crippen LogP contribution in [0.15, 0.2) is 54.6 Å². The van der Waals surface area contributed by atoms with Gasteiger partial charge in [0.2, 0.25) is 0 Å². The number of ether oxygens (including phenoxy) is 1. The van der Waals surface area contributed by atoms with E-state index in [0.29, 0.717) is 29.4 Å². The maximum Gasteiger partial charge on any atom is 0.260 e. The number of benzene rings is 2. The molecule has 1 aliphatic heterocycles. The maximum absolute atomic E-state index is 12.5. The highest BCUT2D eigenvalue weighted by Gasteiger charge is 2.26. The van der Waals surface area contributed by atoms with Crippen LogP contribution in [0.4, 0.5) is 0 Å². The van der Waals surface area contributed by atoms with Crippen LogP contribution in [-0.4, -0.2) is 41.9 Å². The summed E-state index contributed by atoms with van der Waals surface area (Å²) in [7, 11) is 0. The number of rotatable bonds is 5. The highest BCUT2D eigenvalue weighted by atomic mass is 35.5. The van der Waals surface area contributed by atoms with Crippen molar-refractivity contribution < 1.29 is 14.3 Å². The van der Waals surface area contributed by atoms with E-state index in [9.17, 15) is 9.59 Å². The number of nitrogens with zero attached hydrogens (tertiary/aromatic N) is 1. The van der Waals surface area contributed by atoms with Gasteiger partial charge in [0.25, 0.3) is 11.8 Å². The second-order valence-electron chi connectivity index (χ2n) is 6.66. The predicted molar refractivity (Wildman–Crippen MR) is 105 cm³/mol. The lowest BCUT2D eigenvalue weighted by atomic mass is 10.0. The Labute approximate surface area is 164 Å². The zero-order chi connectivity index (χ0) is 19.2. The Balaban J connectivity index is 1.46. The van der Waals surface area contributed by atoms with Crippen molar-refractivity contribution in [1.29, 1.82) is 0 Å². The fourth-order valence-corrected chi connectivity index (χ4v) is 3.21. The van der Waals surface area contributed by atoms with Gasteiger partial charge in [-0.15, -0.1) is 0 Å². The van der Waals surface area contributed by atoms with E-state index in [1.165, 1.54) is 0 Å². The molecule has 0 aromatic heterocycles. The first kappa shape index (κ1) is 19.2. The van der Waals surface area contributed by atoms with Gasteiger partial charge in [0.1, 0.15) is 5.75 Å². The fourth-order valence-electron chi connectivity index (χ4n) is 3.08. The van der Waals surface area contributed by atoms with Crippen molar-refractivity contribution in [1.82, 2.24) is 10.2 Å². The van der Waals surface area contributed by atoms with E-state index in [1.807, 2.05) is 35.2 Å². The molecule has 1 N–H and O–H groups in total. The Bertz CT molecular complexity index is 772. The first-order valence-electron chi connectivity index (χ1n) is 9.10. The van der Waals surface area contributed by atoms with Crippen molar-refractivity contribution in [3.05, 3.63) is 65.2 Å². The third-order valence-electron chi connectivity index (χ3n) is 4.65. The Hall–Kier alpha value is -2.53. The largest absolute Gasteiger partial charge is 0.481 e. The lowest BCUT2D eigenvalue weighted by Gasteiger charge is -2.33.